The third kappa shape index (κ3) is 4.84. The smallest absolute Gasteiger partial charge is 0.220 e. The summed E-state index contributed by atoms with van der Waals surface area (Å²) in [6.45, 7) is 0.988. The SMILES string of the molecule is COc1cccc2c1OC[C@@H](CNC(=O)CCC(=O)c1ccc(F)cc1)C2. The van der Waals surface area contributed by atoms with Gasteiger partial charge in [-0.1, -0.05) is 12.1 Å². The minimum Gasteiger partial charge on any atom is -0.493 e. The number of carbonyl (C=O) groups excluding carboxylic acids is 2. The van der Waals surface area contributed by atoms with Crippen LogP contribution in [0.5, 0.6) is 11.5 Å². The van der Waals surface area contributed by atoms with E-state index in [0.717, 1.165) is 17.7 Å². The molecule has 1 aliphatic heterocycles. The van der Waals surface area contributed by atoms with E-state index in [1.165, 1.54) is 24.3 Å². The van der Waals surface area contributed by atoms with Gasteiger partial charge in [-0.2, -0.15) is 0 Å². The van der Waals surface area contributed by atoms with Crippen LogP contribution in [-0.2, 0) is 11.2 Å². The molecule has 0 fully saturated rings. The molecular formula is C21H22FNO4. The van der Waals surface area contributed by atoms with E-state index >= 15 is 0 Å². The van der Waals surface area contributed by atoms with E-state index in [1.807, 2.05) is 18.2 Å². The molecule has 0 radical (unpaired) electrons. The minimum atomic E-state index is -0.391. The normalized spacial score (nSPS) is 15.4. The number of hydrogen-bond acceptors (Lipinski definition) is 4. The summed E-state index contributed by atoms with van der Waals surface area (Å²) in [5.41, 5.74) is 1.47. The Bertz CT molecular complexity index is 819. The molecule has 5 nitrogen and oxygen atoms in total. The molecule has 1 N–H and O–H groups in total. The maximum atomic E-state index is 12.9. The third-order valence-corrected chi connectivity index (χ3v) is 4.59. The molecule has 2 aromatic carbocycles. The fraction of sp³-hybridized carbons (Fsp3) is 0.333. The lowest BCUT2D eigenvalue weighted by atomic mass is 9.96. The summed E-state index contributed by atoms with van der Waals surface area (Å²) in [6.07, 6.45) is 0.994. The molecule has 0 bridgehead atoms. The fourth-order valence-corrected chi connectivity index (χ4v) is 3.10. The van der Waals surface area contributed by atoms with Crippen molar-refractivity contribution in [3.8, 4) is 11.5 Å². The van der Waals surface area contributed by atoms with E-state index in [2.05, 4.69) is 5.32 Å². The molecule has 1 aliphatic rings. The lowest BCUT2D eigenvalue weighted by Crippen LogP contribution is -2.35. The number of methoxy groups -OCH3 is 1. The Morgan fingerprint density at radius 1 is 1.19 bits per heavy atom. The van der Waals surface area contributed by atoms with Crippen LogP contribution in [0, 0.1) is 11.7 Å². The van der Waals surface area contributed by atoms with Crippen LogP contribution in [0.25, 0.3) is 0 Å². The Kier molecular flexibility index (Phi) is 6.06. The Balaban J connectivity index is 1.44. The minimum absolute atomic E-state index is 0.0959. The lowest BCUT2D eigenvalue weighted by molar-refractivity contribution is -0.121. The van der Waals surface area contributed by atoms with Crippen LogP contribution < -0.4 is 14.8 Å². The summed E-state index contributed by atoms with van der Waals surface area (Å²) < 4.78 is 24.0. The highest BCUT2D eigenvalue weighted by molar-refractivity contribution is 5.97. The Morgan fingerprint density at radius 2 is 1.96 bits per heavy atom. The molecule has 0 aromatic heterocycles. The number of rotatable bonds is 7. The van der Waals surface area contributed by atoms with Crippen molar-refractivity contribution in [3.05, 3.63) is 59.4 Å². The van der Waals surface area contributed by atoms with Gasteiger partial charge in [0, 0.05) is 30.9 Å². The quantitative estimate of drug-likeness (QED) is 0.760. The van der Waals surface area contributed by atoms with Gasteiger partial charge in [0.15, 0.2) is 17.3 Å². The van der Waals surface area contributed by atoms with Crippen molar-refractivity contribution in [1.29, 1.82) is 0 Å². The molecule has 1 atom stereocenters. The van der Waals surface area contributed by atoms with Gasteiger partial charge >= 0.3 is 0 Å². The molecule has 0 aliphatic carbocycles. The monoisotopic (exact) mass is 371 g/mol. The Hall–Kier alpha value is -2.89. The first-order valence-electron chi connectivity index (χ1n) is 8.91. The van der Waals surface area contributed by atoms with Gasteiger partial charge in [-0.3, -0.25) is 9.59 Å². The molecular weight excluding hydrogens is 349 g/mol. The number of fused-ring (bicyclic) bond motifs is 1. The Morgan fingerprint density at radius 3 is 2.70 bits per heavy atom. The lowest BCUT2D eigenvalue weighted by Gasteiger charge is -2.26. The van der Waals surface area contributed by atoms with Crippen LogP contribution in [0.4, 0.5) is 4.39 Å². The van der Waals surface area contributed by atoms with E-state index in [1.54, 1.807) is 7.11 Å². The Labute approximate surface area is 157 Å². The zero-order valence-corrected chi connectivity index (χ0v) is 15.2. The highest BCUT2D eigenvalue weighted by Crippen LogP contribution is 2.35. The fourth-order valence-electron chi connectivity index (χ4n) is 3.10. The average molecular weight is 371 g/mol. The maximum Gasteiger partial charge on any atom is 0.220 e. The number of nitrogens with one attached hydrogen (secondary N) is 1. The second-order valence-electron chi connectivity index (χ2n) is 6.56. The van der Waals surface area contributed by atoms with Gasteiger partial charge in [-0.15, -0.1) is 0 Å². The third-order valence-electron chi connectivity index (χ3n) is 4.59. The predicted octanol–water partition coefficient (Wildman–Crippen LogP) is 3.16. The largest absolute Gasteiger partial charge is 0.493 e. The van der Waals surface area contributed by atoms with E-state index in [-0.39, 0.29) is 30.4 Å². The van der Waals surface area contributed by atoms with Gasteiger partial charge in [-0.05, 0) is 42.3 Å². The topological polar surface area (TPSA) is 64.6 Å². The molecule has 2 aromatic rings. The van der Waals surface area contributed by atoms with Crippen molar-refractivity contribution in [2.24, 2.45) is 5.92 Å². The number of ether oxygens (including phenoxy) is 2. The summed E-state index contributed by atoms with van der Waals surface area (Å²) in [5, 5.41) is 2.87. The molecule has 6 heteroatoms. The van der Waals surface area contributed by atoms with E-state index < -0.39 is 5.82 Å². The molecule has 1 heterocycles. The van der Waals surface area contributed by atoms with Gasteiger partial charge in [0.25, 0.3) is 0 Å². The number of carbonyl (C=O) groups is 2. The van der Waals surface area contributed by atoms with Crippen molar-refractivity contribution in [1.82, 2.24) is 5.32 Å². The molecule has 0 spiro atoms. The summed E-state index contributed by atoms with van der Waals surface area (Å²) in [6, 6.07) is 11.1. The molecule has 0 unspecified atom stereocenters. The highest BCUT2D eigenvalue weighted by atomic mass is 19.1. The van der Waals surface area contributed by atoms with Crippen molar-refractivity contribution in [2.75, 3.05) is 20.3 Å². The molecule has 142 valence electrons. The zero-order chi connectivity index (χ0) is 19.2. The van der Waals surface area contributed by atoms with Crippen molar-refractivity contribution in [3.63, 3.8) is 0 Å². The van der Waals surface area contributed by atoms with Gasteiger partial charge in [0.1, 0.15) is 5.82 Å². The van der Waals surface area contributed by atoms with E-state index in [9.17, 15) is 14.0 Å². The molecule has 27 heavy (non-hydrogen) atoms. The highest BCUT2D eigenvalue weighted by Gasteiger charge is 2.23. The zero-order valence-electron chi connectivity index (χ0n) is 15.2. The first-order chi connectivity index (χ1) is 13.1. The molecule has 0 saturated carbocycles. The van der Waals surface area contributed by atoms with Crippen LogP contribution >= 0.6 is 0 Å². The summed E-state index contributed by atoms with van der Waals surface area (Å²) in [7, 11) is 1.61. The number of benzene rings is 2. The molecule has 3 rings (SSSR count). The predicted molar refractivity (Wildman–Crippen MR) is 98.7 cm³/mol. The number of halogens is 1. The van der Waals surface area contributed by atoms with Gasteiger partial charge in [0.2, 0.25) is 5.91 Å². The number of ketones is 1. The number of Topliss-reactive ketones (excluding diaryl/α,β-unsaturated/α-hetero) is 1. The van der Waals surface area contributed by atoms with Crippen LogP contribution in [-0.4, -0.2) is 32.0 Å². The number of amides is 1. The van der Waals surface area contributed by atoms with Gasteiger partial charge < -0.3 is 14.8 Å². The maximum absolute atomic E-state index is 12.9. The van der Waals surface area contributed by atoms with Crippen molar-refractivity contribution >= 4 is 11.7 Å². The van der Waals surface area contributed by atoms with Crippen LogP contribution in [0.3, 0.4) is 0 Å². The van der Waals surface area contributed by atoms with Gasteiger partial charge in [-0.25, -0.2) is 4.39 Å². The summed E-state index contributed by atoms with van der Waals surface area (Å²) in [5.74, 6) is 0.912. The van der Waals surface area contributed by atoms with Crippen LogP contribution in [0.15, 0.2) is 42.5 Å². The van der Waals surface area contributed by atoms with Crippen molar-refractivity contribution < 1.29 is 23.5 Å². The average Bonchev–Trinajstić information content (AvgIpc) is 2.70. The van der Waals surface area contributed by atoms with E-state index in [4.69, 9.17) is 9.47 Å². The van der Waals surface area contributed by atoms with Crippen LogP contribution in [0.2, 0.25) is 0 Å². The summed E-state index contributed by atoms with van der Waals surface area (Å²) >= 11 is 0. The first kappa shape index (κ1) is 18.9. The second-order valence-corrected chi connectivity index (χ2v) is 6.56. The number of hydrogen-bond donors (Lipinski definition) is 1. The molecule has 1 amide bonds. The van der Waals surface area contributed by atoms with E-state index in [0.29, 0.717) is 24.5 Å². The molecule has 0 saturated heterocycles. The number of para-hydroxylation sites is 1. The first-order valence-corrected chi connectivity index (χ1v) is 8.91. The van der Waals surface area contributed by atoms with Crippen LogP contribution in [0.1, 0.15) is 28.8 Å². The summed E-state index contributed by atoms with van der Waals surface area (Å²) in [4.78, 5) is 24.1. The van der Waals surface area contributed by atoms with Gasteiger partial charge in [0.05, 0.1) is 13.7 Å². The van der Waals surface area contributed by atoms with Crippen molar-refractivity contribution in [2.45, 2.75) is 19.3 Å². The second kappa shape index (κ2) is 8.66. The standard InChI is InChI=1S/C21H22FNO4/c1-26-19-4-2-3-16-11-14(13-27-21(16)19)12-23-20(25)10-9-18(24)15-5-7-17(22)8-6-15/h2-8,14H,9-13H2,1H3,(H,23,25)/t14-/m1/s1.